The normalized spacial score (nSPS) is 11.2. The van der Waals surface area contributed by atoms with E-state index in [1.54, 1.807) is 25.1 Å². The minimum atomic E-state index is -0.351. The predicted molar refractivity (Wildman–Crippen MR) is 83.8 cm³/mol. The van der Waals surface area contributed by atoms with E-state index in [-0.39, 0.29) is 12.6 Å². The monoisotopic (exact) mass is 282 g/mol. The van der Waals surface area contributed by atoms with E-state index >= 15 is 0 Å². The number of carbonyl (C=O) groups is 1. The van der Waals surface area contributed by atoms with Crippen LogP contribution in [0.25, 0.3) is 11.6 Å². The zero-order valence-electron chi connectivity index (χ0n) is 12.0. The number of benzene rings is 2. The van der Waals surface area contributed by atoms with Gasteiger partial charge in [0.2, 0.25) is 0 Å². The minimum absolute atomic E-state index is 0.0961. The van der Waals surface area contributed by atoms with Crippen LogP contribution in [0, 0.1) is 0 Å². The van der Waals surface area contributed by atoms with Crippen LogP contribution in [0.15, 0.2) is 54.6 Å². The fraction of sp³-hybridized carbons (Fsp3) is 0.167. The van der Waals surface area contributed by atoms with Crippen molar-refractivity contribution in [2.75, 3.05) is 13.2 Å². The smallest absolute Gasteiger partial charge is 0.338 e. The summed E-state index contributed by atoms with van der Waals surface area (Å²) in [6, 6.07) is 16.9. The van der Waals surface area contributed by atoms with Gasteiger partial charge in [0, 0.05) is 0 Å². The number of hydrogen-bond donors (Lipinski definition) is 1. The molecule has 2 aromatic rings. The number of carbonyl (C=O) groups excluding carboxylic acids is 1. The molecule has 0 spiro atoms. The molecule has 0 saturated heterocycles. The van der Waals surface area contributed by atoms with Crippen molar-refractivity contribution in [1.29, 1.82) is 0 Å². The van der Waals surface area contributed by atoms with Crippen LogP contribution in [0.1, 0.15) is 28.4 Å². The van der Waals surface area contributed by atoms with Crippen molar-refractivity contribution in [2.45, 2.75) is 6.92 Å². The van der Waals surface area contributed by atoms with E-state index in [4.69, 9.17) is 4.74 Å². The number of hydrogen-bond acceptors (Lipinski definition) is 3. The third-order valence-corrected chi connectivity index (χ3v) is 3.06. The lowest BCUT2D eigenvalue weighted by Gasteiger charge is -2.07. The highest BCUT2D eigenvalue weighted by molar-refractivity contribution is 5.91. The quantitative estimate of drug-likeness (QED) is 0.675. The Morgan fingerprint density at radius 2 is 1.81 bits per heavy atom. The van der Waals surface area contributed by atoms with E-state index in [0.29, 0.717) is 12.2 Å². The summed E-state index contributed by atoms with van der Waals surface area (Å²) in [5, 5.41) is 9.59. The molecule has 0 aromatic heterocycles. The molecular weight excluding hydrogens is 264 g/mol. The third-order valence-electron chi connectivity index (χ3n) is 3.06. The zero-order valence-corrected chi connectivity index (χ0v) is 12.0. The van der Waals surface area contributed by atoms with Crippen molar-refractivity contribution in [3.63, 3.8) is 0 Å². The van der Waals surface area contributed by atoms with Crippen LogP contribution in [0.2, 0.25) is 0 Å². The van der Waals surface area contributed by atoms with Crippen LogP contribution < -0.4 is 0 Å². The first-order chi connectivity index (χ1) is 10.2. The average molecular weight is 282 g/mol. The van der Waals surface area contributed by atoms with Crippen LogP contribution >= 0.6 is 0 Å². The Morgan fingerprint density at radius 1 is 1.10 bits per heavy atom. The number of aliphatic hydroxyl groups excluding tert-OH is 1. The Labute approximate surface area is 124 Å². The van der Waals surface area contributed by atoms with Gasteiger partial charge in [0.1, 0.15) is 0 Å². The lowest BCUT2D eigenvalue weighted by Crippen LogP contribution is -2.05. The molecule has 0 saturated carbocycles. The molecule has 2 rings (SSSR count). The lowest BCUT2D eigenvalue weighted by atomic mass is 10.0. The van der Waals surface area contributed by atoms with E-state index < -0.39 is 0 Å². The molecule has 0 fully saturated rings. The molecule has 0 bridgehead atoms. The predicted octanol–water partition coefficient (Wildman–Crippen LogP) is 3.40. The standard InChI is InChI=1S/C18H18O3/c1-2-21-18(20)16-10-6-9-15(12-16)17(13-19)11-14-7-4-3-5-8-14/h3-12,19H,2,13H2,1H3/b17-11+. The molecule has 0 radical (unpaired) electrons. The van der Waals surface area contributed by atoms with Crippen LogP contribution in [-0.4, -0.2) is 24.3 Å². The van der Waals surface area contributed by atoms with E-state index in [1.807, 2.05) is 42.5 Å². The van der Waals surface area contributed by atoms with Gasteiger partial charge < -0.3 is 9.84 Å². The van der Waals surface area contributed by atoms with Crippen molar-refractivity contribution < 1.29 is 14.6 Å². The fourth-order valence-electron chi connectivity index (χ4n) is 2.03. The van der Waals surface area contributed by atoms with Crippen LogP contribution in [0.5, 0.6) is 0 Å². The highest BCUT2D eigenvalue weighted by atomic mass is 16.5. The second-order valence-electron chi connectivity index (χ2n) is 4.54. The number of ether oxygens (including phenoxy) is 1. The first-order valence-electron chi connectivity index (χ1n) is 6.88. The Kier molecular flexibility index (Phi) is 5.29. The number of rotatable bonds is 5. The van der Waals surface area contributed by atoms with Crippen molar-refractivity contribution >= 4 is 17.6 Å². The molecule has 0 amide bonds. The number of aliphatic hydroxyl groups is 1. The number of esters is 1. The Morgan fingerprint density at radius 3 is 2.48 bits per heavy atom. The molecule has 0 unspecified atom stereocenters. The molecule has 0 aliphatic heterocycles. The Hall–Kier alpha value is -2.39. The summed E-state index contributed by atoms with van der Waals surface area (Å²) in [5.74, 6) is -0.351. The third kappa shape index (κ3) is 4.04. The molecule has 1 N–H and O–H groups in total. The van der Waals surface area contributed by atoms with Gasteiger partial charge in [0.25, 0.3) is 0 Å². The Bertz CT molecular complexity index is 630. The van der Waals surface area contributed by atoms with Crippen molar-refractivity contribution in [3.05, 3.63) is 71.3 Å². The van der Waals surface area contributed by atoms with Gasteiger partial charge in [-0.15, -0.1) is 0 Å². The second-order valence-corrected chi connectivity index (χ2v) is 4.54. The SMILES string of the molecule is CCOC(=O)c1cccc(/C(=C/c2ccccc2)CO)c1. The second kappa shape index (κ2) is 7.41. The van der Waals surface area contributed by atoms with Crippen molar-refractivity contribution in [2.24, 2.45) is 0 Å². The summed E-state index contributed by atoms with van der Waals surface area (Å²) < 4.78 is 4.99. The molecule has 108 valence electrons. The van der Waals surface area contributed by atoms with Gasteiger partial charge in [-0.05, 0) is 41.8 Å². The minimum Gasteiger partial charge on any atom is -0.462 e. The maximum Gasteiger partial charge on any atom is 0.338 e. The Balaban J connectivity index is 2.33. The molecule has 2 aromatic carbocycles. The topological polar surface area (TPSA) is 46.5 Å². The van der Waals surface area contributed by atoms with Gasteiger partial charge in [0.05, 0.1) is 18.8 Å². The van der Waals surface area contributed by atoms with E-state index in [9.17, 15) is 9.90 Å². The molecule has 0 atom stereocenters. The van der Waals surface area contributed by atoms with E-state index in [1.165, 1.54) is 0 Å². The largest absolute Gasteiger partial charge is 0.462 e. The van der Waals surface area contributed by atoms with Gasteiger partial charge in [-0.3, -0.25) is 0 Å². The van der Waals surface area contributed by atoms with Gasteiger partial charge in [-0.2, -0.15) is 0 Å². The molecule has 21 heavy (non-hydrogen) atoms. The van der Waals surface area contributed by atoms with Crippen molar-refractivity contribution in [1.82, 2.24) is 0 Å². The van der Waals surface area contributed by atoms with Gasteiger partial charge in [-0.1, -0.05) is 42.5 Å². The molecule has 0 aliphatic rings. The molecule has 0 heterocycles. The van der Waals surface area contributed by atoms with Crippen LogP contribution in [-0.2, 0) is 4.74 Å². The van der Waals surface area contributed by atoms with Crippen molar-refractivity contribution in [3.8, 4) is 0 Å². The summed E-state index contributed by atoms with van der Waals surface area (Å²) in [6.45, 7) is 2.02. The summed E-state index contributed by atoms with van der Waals surface area (Å²) in [4.78, 5) is 11.8. The maximum atomic E-state index is 11.8. The molecule has 3 nitrogen and oxygen atoms in total. The lowest BCUT2D eigenvalue weighted by molar-refractivity contribution is 0.0526. The summed E-state index contributed by atoms with van der Waals surface area (Å²) >= 11 is 0. The molecule has 0 aliphatic carbocycles. The van der Waals surface area contributed by atoms with Gasteiger partial charge in [-0.25, -0.2) is 4.79 Å². The average Bonchev–Trinajstić information content (AvgIpc) is 2.54. The maximum absolute atomic E-state index is 11.8. The highest BCUT2D eigenvalue weighted by Gasteiger charge is 2.08. The summed E-state index contributed by atoms with van der Waals surface area (Å²) in [5.41, 5.74) is 3.06. The van der Waals surface area contributed by atoms with Gasteiger partial charge in [0.15, 0.2) is 0 Å². The molecular formula is C18H18O3. The summed E-state index contributed by atoms with van der Waals surface area (Å²) in [6.07, 6.45) is 1.91. The molecule has 3 heteroatoms. The highest BCUT2D eigenvalue weighted by Crippen LogP contribution is 2.19. The first kappa shape index (κ1) is 15.0. The van der Waals surface area contributed by atoms with Crippen LogP contribution in [0.4, 0.5) is 0 Å². The zero-order chi connectivity index (χ0) is 15.1. The summed E-state index contributed by atoms with van der Waals surface area (Å²) in [7, 11) is 0. The fourth-order valence-corrected chi connectivity index (χ4v) is 2.03. The van der Waals surface area contributed by atoms with Crippen LogP contribution in [0.3, 0.4) is 0 Å². The van der Waals surface area contributed by atoms with E-state index in [2.05, 4.69) is 0 Å². The first-order valence-corrected chi connectivity index (χ1v) is 6.88. The van der Waals surface area contributed by atoms with Gasteiger partial charge >= 0.3 is 5.97 Å². The van der Waals surface area contributed by atoms with E-state index in [0.717, 1.165) is 16.7 Å².